The molecule has 0 spiro atoms. The molecule has 1 heterocycles. The van der Waals surface area contributed by atoms with E-state index in [2.05, 4.69) is 21.1 Å². The van der Waals surface area contributed by atoms with E-state index in [9.17, 15) is 9.65 Å². The number of hydrogen-bond donors (Lipinski definition) is 0. The molecule has 0 bridgehead atoms. The van der Waals surface area contributed by atoms with Gasteiger partial charge in [0, 0.05) is 16.2 Å². The Labute approximate surface area is 114 Å². The quantitative estimate of drug-likeness (QED) is 0.461. The van der Waals surface area contributed by atoms with Crippen molar-refractivity contribution in [3.63, 3.8) is 0 Å². The summed E-state index contributed by atoms with van der Waals surface area (Å²) in [6, 6.07) is 7.73. The largest absolute Gasteiger partial charge is 0.257 e. The van der Waals surface area contributed by atoms with Gasteiger partial charge in [0.2, 0.25) is 0 Å². The van der Waals surface area contributed by atoms with Crippen LogP contribution in [0.4, 0.5) is 10.1 Å². The lowest BCUT2D eigenvalue weighted by Gasteiger charge is -2.12. The Morgan fingerprint density at radius 3 is 2.45 bits per heavy atom. The molecule has 0 amide bonds. The molecule has 1 aromatic carbocycles. The van der Waals surface area contributed by atoms with Gasteiger partial charge in [-0.15, -0.1) is 0 Å². The molecule has 98 valence electrons. The molecule has 0 fully saturated rings. The molecule has 20 heavy (non-hydrogen) atoms. The van der Waals surface area contributed by atoms with E-state index < -0.39 is 0 Å². The number of hydrogen-bond acceptors (Lipinski definition) is 3. The summed E-state index contributed by atoms with van der Waals surface area (Å²) in [5, 5.41) is 12.9. The van der Waals surface area contributed by atoms with E-state index >= 15 is 0 Å². The molecule has 0 N–H and O–H groups in total. The summed E-state index contributed by atoms with van der Waals surface area (Å²) < 4.78 is 13.0. The molecule has 0 saturated heterocycles. The number of nitriles is 1. The summed E-state index contributed by atoms with van der Waals surface area (Å²) in [6.45, 7) is 3.41. The van der Waals surface area contributed by atoms with Crippen LogP contribution in [-0.4, -0.2) is 4.98 Å². The highest BCUT2D eigenvalue weighted by atomic mass is 19.1. The van der Waals surface area contributed by atoms with Gasteiger partial charge in [-0.05, 0) is 37.1 Å². The van der Waals surface area contributed by atoms with E-state index in [1.54, 1.807) is 26.0 Å². The lowest BCUT2D eigenvalue weighted by molar-refractivity contribution is 0.628. The minimum Gasteiger partial charge on any atom is -0.257 e. The van der Waals surface area contributed by atoms with Crippen molar-refractivity contribution >= 4 is 5.69 Å². The van der Waals surface area contributed by atoms with Gasteiger partial charge >= 0.3 is 0 Å². The molecule has 0 aliphatic carbocycles. The summed E-state index contributed by atoms with van der Waals surface area (Å²) >= 11 is 0. The van der Waals surface area contributed by atoms with Gasteiger partial charge in [0.05, 0.1) is 16.9 Å². The molecule has 0 unspecified atom stereocenters. The highest BCUT2D eigenvalue weighted by molar-refractivity contribution is 5.83. The Hall–Kier alpha value is -2.90. The fourth-order valence-electron chi connectivity index (χ4n) is 2.04. The zero-order valence-corrected chi connectivity index (χ0v) is 10.9. The highest BCUT2D eigenvalue weighted by Gasteiger charge is 2.16. The van der Waals surface area contributed by atoms with Gasteiger partial charge in [-0.25, -0.2) is 4.39 Å². The third-order valence-electron chi connectivity index (χ3n) is 2.92. The first kappa shape index (κ1) is 13.5. The van der Waals surface area contributed by atoms with E-state index in [0.29, 0.717) is 33.8 Å². The van der Waals surface area contributed by atoms with Crippen LogP contribution in [0.1, 0.15) is 17.0 Å². The van der Waals surface area contributed by atoms with E-state index in [1.165, 1.54) is 12.1 Å². The highest BCUT2D eigenvalue weighted by Crippen LogP contribution is 2.36. The Kier molecular flexibility index (Phi) is 3.65. The van der Waals surface area contributed by atoms with Crippen molar-refractivity contribution in [3.05, 3.63) is 57.5 Å². The van der Waals surface area contributed by atoms with E-state index in [-0.39, 0.29) is 5.82 Å². The number of azide groups is 1. The van der Waals surface area contributed by atoms with Crippen molar-refractivity contribution in [1.29, 1.82) is 5.26 Å². The predicted octanol–water partition coefficient (Wildman–Crippen LogP) is 4.32. The first-order chi connectivity index (χ1) is 9.58. The standard InChI is InChI=1S/C14H10FN5/c1-8-12(7-16)13(10-3-5-11(15)6-4-10)14(19-20-17)9(2)18-8/h3-6H,1-2H3. The molecule has 0 aliphatic rings. The Morgan fingerprint density at radius 1 is 1.25 bits per heavy atom. The van der Waals surface area contributed by atoms with Crippen molar-refractivity contribution in [2.24, 2.45) is 5.11 Å². The SMILES string of the molecule is Cc1nc(C)c(N=[N+]=[N-])c(-c2ccc(F)cc2)c1C#N. The number of halogens is 1. The molecule has 2 aromatic rings. The van der Waals surface area contributed by atoms with Crippen LogP contribution >= 0.6 is 0 Å². The van der Waals surface area contributed by atoms with Gasteiger partial charge in [0.15, 0.2) is 0 Å². The third-order valence-corrected chi connectivity index (χ3v) is 2.92. The number of pyridine rings is 1. The summed E-state index contributed by atoms with van der Waals surface area (Å²) in [5.41, 5.74) is 11.5. The monoisotopic (exact) mass is 267 g/mol. The topological polar surface area (TPSA) is 85.4 Å². The fraction of sp³-hybridized carbons (Fsp3) is 0.143. The maximum atomic E-state index is 13.0. The second-order valence-corrected chi connectivity index (χ2v) is 4.19. The minimum atomic E-state index is -0.375. The smallest absolute Gasteiger partial charge is 0.123 e. The maximum absolute atomic E-state index is 13.0. The molecule has 0 saturated carbocycles. The number of aromatic nitrogens is 1. The summed E-state index contributed by atoms with van der Waals surface area (Å²) in [4.78, 5) is 6.98. The van der Waals surface area contributed by atoms with Crippen LogP contribution in [0, 0.1) is 31.0 Å². The van der Waals surface area contributed by atoms with Crippen LogP contribution in [-0.2, 0) is 0 Å². The fourth-order valence-corrected chi connectivity index (χ4v) is 2.04. The summed E-state index contributed by atoms with van der Waals surface area (Å²) in [7, 11) is 0. The second kappa shape index (κ2) is 5.39. The first-order valence-corrected chi connectivity index (χ1v) is 5.80. The number of nitrogens with zero attached hydrogens (tertiary/aromatic N) is 5. The lowest BCUT2D eigenvalue weighted by atomic mass is 9.97. The summed E-state index contributed by atoms with van der Waals surface area (Å²) in [5.74, 6) is -0.375. The average molecular weight is 267 g/mol. The van der Waals surface area contributed by atoms with Crippen molar-refractivity contribution in [3.8, 4) is 17.2 Å². The zero-order valence-electron chi connectivity index (χ0n) is 10.9. The maximum Gasteiger partial charge on any atom is 0.123 e. The van der Waals surface area contributed by atoms with Crippen LogP contribution in [0.3, 0.4) is 0 Å². The van der Waals surface area contributed by atoms with Gasteiger partial charge < -0.3 is 0 Å². The van der Waals surface area contributed by atoms with Gasteiger partial charge in [0.25, 0.3) is 0 Å². The van der Waals surface area contributed by atoms with Crippen molar-refractivity contribution in [1.82, 2.24) is 4.98 Å². The van der Waals surface area contributed by atoms with E-state index in [0.717, 1.165) is 0 Å². The lowest BCUT2D eigenvalue weighted by Crippen LogP contribution is -1.97. The molecule has 5 nitrogen and oxygen atoms in total. The minimum absolute atomic E-state index is 0.293. The molecule has 1 aromatic heterocycles. The molecule has 0 radical (unpaired) electrons. The zero-order chi connectivity index (χ0) is 14.7. The number of benzene rings is 1. The molecule has 6 heteroatoms. The van der Waals surface area contributed by atoms with E-state index in [4.69, 9.17) is 5.53 Å². The normalized spacial score (nSPS) is 9.70. The predicted molar refractivity (Wildman–Crippen MR) is 72.6 cm³/mol. The van der Waals surface area contributed by atoms with Crippen LogP contribution < -0.4 is 0 Å². The van der Waals surface area contributed by atoms with Crippen LogP contribution in [0.2, 0.25) is 0 Å². The first-order valence-electron chi connectivity index (χ1n) is 5.80. The third kappa shape index (κ3) is 2.30. The number of aryl methyl sites for hydroxylation is 2. The molecule has 0 aliphatic heterocycles. The Morgan fingerprint density at radius 2 is 1.90 bits per heavy atom. The van der Waals surface area contributed by atoms with Gasteiger partial charge in [0.1, 0.15) is 11.9 Å². The molecule has 2 rings (SSSR count). The van der Waals surface area contributed by atoms with Crippen molar-refractivity contribution < 1.29 is 4.39 Å². The second-order valence-electron chi connectivity index (χ2n) is 4.19. The van der Waals surface area contributed by atoms with Crippen molar-refractivity contribution in [2.75, 3.05) is 0 Å². The van der Waals surface area contributed by atoms with Gasteiger partial charge in [-0.3, -0.25) is 4.98 Å². The Bertz CT molecular complexity index is 753. The molecular weight excluding hydrogens is 257 g/mol. The Balaban J connectivity index is 2.87. The number of rotatable bonds is 2. The van der Waals surface area contributed by atoms with Crippen LogP contribution in [0.5, 0.6) is 0 Å². The van der Waals surface area contributed by atoms with Crippen LogP contribution in [0.15, 0.2) is 29.4 Å². The van der Waals surface area contributed by atoms with Gasteiger partial charge in [-0.2, -0.15) is 5.26 Å². The molecular formula is C14H10FN5. The van der Waals surface area contributed by atoms with Crippen molar-refractivity contribution in [2.45, 2.75) is 13.8 Å². The summed E-state index contributed by atoms with van der Waals surface area (Å²) in [6.07, 6.45) is 0. The van der Waals surface area contributed by atoms with Crippen LogP contribution in [0.25, 0.3) is 21.6 Å². The molecule has 0 atom stereocenters. The average Bonchev–Trinajstić information content (AvgIpc) is 2.42. The van der Waals surface area contributed by atoms with E-state index in [1.807, 2.05) is 0 Å². The van der Waals surface area contributed by atoms with Gasteiger partial charge in [-0.1, -0.05) is 17.2 Å².